The molecule has 0 saturated carbocycles. The summed E-state index contributed by atoms with van der Waals surface area (Å²) in [6, 6.07) is 25.0. The van der Waals surface area contributed by atoms with Crippen LogP contribution in [0.2, 0.25) is 0 Å². The van der Waals surface area contributed by atoms with Gasteiger partial charge in [-0.15, -0.1) is 0 Å². The van der Waals surface area contributed by atoms with E-state index in [2.05, 4.69) is 27.2 Å². The van der Waals surface area contributed by atoms with Gasteiger partial charge < -0.3 is 31.3 Å². The van der Waals surface area contributed by atoms with E-state index in [9.17, 15) is 23.2 Å². The number of fused-ring (bicyclic) bond motifs is 1. The van der Waals surface area contributed by atoms with Gasteiger partial charge in [-0.1, -0.05) is 67.2 Å². The van der Waals surface area contributed by atoms with Gasteiger partial charge in [0.15, 0.2) is 5.65 Å². The number of hydrogen-bond acceptors (Lipinski definition) is 9. The third-order valence-corrected chi connectivity index (χ3v) is 9.33. The minimum Gasteiger partial charge on any atom is -0.423 e. The topological polar surface area (TPSA) is 189 Å². The second kappa shape index (κ2) is 18.2. The molecular formula is C41H39BF2N8O5. The van der Waals surface area contributed by atoms with E-state index in [-0.39, 0.29) is 48.0 Å². The van der Waals surface area contributed by atoms with Gasteiger partial charge in [0, 0.05) is 42.9 Å². The Balaban J connectivity index is 0.000000232. The number of aromatic nitrogens is 4. The van der Waals surface area contributed by atoms with Crippen molar-refractivity contribution in [1.82, 2.24) is 35.3 Å². The van der Waals surface area contributed by atoms with E-state index in [0.29, 0.717) is 41.1 Å². The zero-order valence-corrected chi connectivity index (χ0v) is 30.7. The number of piperidine rings is 1. The lowest BCUT2D eigenvalue weighted by molar-refractivity contribution is -0.127. The molecule has 4 aromatic carbocycles. The van der Waals surface area contributed by atoms with E-state index < -0.39 is 18.8 Å². The van der Waals surface area contributed by atoms with Crippen LogP contribution in [0.25, 0.3) is 22.3 Å². The summed E-state index contributed by atoms with van der Waals surface area (Å²) in [4.78, 5) is 46.7. The van der Waals surface area contributed by atoms with Gasteiger partial charge in [0.1, 0.15) is 29.5 Å². The number of carbonyl (C=O) groups is 3. The lowest BCUT2D eigenvalue weighted by Gasteiger charge is -2.32. The lowest BCUT2D eigenvalue weighted by atomic mass is 9.80. The number of carbonyl (C=O) groups excluding carboxylic acids is 3. The second-order valence-electron chi connectivity index (χ2n) is 13.2. The average Bonchev–Trinajstić information content (AvgIpc) is 3.63. The summed E-state index contributed by atoms with van der Waals surface area (Å²) in [6.07, 6.45) is 4.44. The lowest BCUT2D eigenvalue weighted by Crippen LogP contribution is -2.40. The smallest absolute Gasteiger partial charge is 0.423 e. The van der Waals surface area contributed by atoms with E-state index in [4.69, 9.17) is 20.9 Å². The first-order valence-corrected chi connectivity index (χ1v) is 18.0. The summed E-state index contributed by atoms with van der Waals surface area (Å²) in [5, 5.41) is 28.9. The fraction of sp³-hybridized carbons (Fsp3) is 0.171. The molecule has 1 aliphatic heterocycles. The highest BCUT2D eigenvalue weighted by Crippen LogP contribution is 2.34. The van der Waals surface area contributed by atoms with Crippen LogP contribution in [0.5, 0.6) is 0 Å². The molecule has 0 radical (unpaired) electrons. The molecule has 1 fully saturated rings. The standard InChI is InChI=1S/C27H26FN7O2.C14H13BFNO3/c1-2-22(36)34-12-4-7-21(15-34)35-26-23(25(29)31-16-32-26)24(33-35)18-10-8-17(9-11-18)14-30-27(37)19-5-3-6-20(28)13-19;16-13-3-1-2-11(8-13)14(18)17-9-10-4-6-12(7-5-10)15(19)20/h2-3,5-6,8-11,13,16,21H,1,4,7,12,14-15H2,(H,30,37)(H2,29,31,32);1-8,19-20H,9H2,(H,17,18)/t21-;/m1./s1. The molecule has 2 aromatic heterocycles. The molecular weight excluding hydrogens is 733 g/mol. The van der Waals surface area contributed by atoms with Crippen LogP contribution in [0.4, 0.5) is 14.6 Å². The molecule has 290 valence electrons. The van der Waals surface area contributed by atoms with E-state index in [1.165, 1.54) is 54.9 Å². The molecule has 16 heteroatoms. The van der Waals surface area contributed by atoms with Crippen LogP contribution >= 0.6 is 0 Å². The van der Waals surface area contributed by atoms with Gasteiger partial charge in [-0.05, 0) is 71.9 Å². The first kappa shape index (κ1) is 39.9. The highest BCUT2D eigenvalue weighted by molar-refractivity contribution is 6.58. The van der Waals surface area contributed by atoms with Crippen LogP contribution in [-0.4, -0.2) is 72.6 Å². The summed E-state index contributed by atoms with van der Waals surface area (Å²) in [7, 11) is -1.51. The Morgan fingerprint density at radius 3 is 1.98 bits per heavy atom. The number of benzene rings is 4. The Bertz CT molecular complexity index is 2390. The van der Waals surface area contributed by atoms with Crippen molar-refractivity contribution in [2.45, 2.75) is 32.0 Å². The maximum absolute atomic E-state index is 13.4. The van der Waals surface area contributed by atoms with Crippen LogP contribution in [0.1, 0.15) is 50.7 Å². The number of nitrogen functional groups attached to an aromatic ring is 1. The van der Waals surface area contributed by atoms with Gasteiger partial charge in [-0.2, -0.15) is 5.10 Å². The van der Waals surface area contributed by atoms with Crippen molar-refractivity contribution in [3.8, 4) is 11.3 Å². The normalized spacial score (nSPS) is 13.6. The van der Waals surface area contributed by atoms with Gasteiger partial charge in [0.05, 0.1) is 11.4 Å². The third kappa shape index (κ3) is 9.91. The van der Waals surface area contributed by atoms with Crippen LogP contribution < -0.4 is 21.8 Å². The van der Waals surface area contributed by atoms with Crippen molar-refractivity contribution in [3.05, 3.63) is 150 Å². The summed E-state index contributed by atoms with van der Waals surface area (Å²) in [6.45, 7) is 5.35. The summed E-state index contributed by atoms with van der Waals surface area (Å²) < 4.78 is 28.2. The highest BCUT2D eigenvalue weighted by atomic mass is 19.1. The molecule has 1 saturated heterocycles. The number of nitrogens with zero attached hydrogens (tertiary/aromatic N) is 5. The number of likely N-dealkylation sites (tertiary alicyclic amines) is 1. The number of nitrogens with one attached hydrogen (secondary N) is 2. The van der Waals surface area contributed by atoms with E-state index in [1.807, 2.05) is 28.9 Å². The number of anilines is 1. The molecule has 57 heavy (non-hydrogen) atoms. The Labute approximate surface area is 327 Å². The van der Waals surface area contributed by atoms with Crippen LogP contribution in [0.3, 0.4) is 0 Å². The van der Waals surface area contributed by atoms with Crippen molar-refractivity contribution in [3.63, 3.8) is 0 Å². The predicted octanol–water partition coefficient (Wildman–Crippen LogP) is 3.93. The van der Waals surface area contributed by atoms with Crippen molar-refractivity contribution < 1.29 is 33.2 Å². The monoisotopic (exact) mass is 772 g/mol. The van der Waals surface area contributed by atoms with Crippen LogP contribution in [0.15, 0.2) is 116 Å². The molecule has 6 N–H and O–H groups in total. The predicted molar refractivity (Wildman–Crippen MR) is 212 cm³/mol. The summed E-state index contributed by atoms with van der Waals surface area (Å²) in [5.74, 6) is -1.41. The molecule has 0 bridgehead atoms. The minimum absolute atomic E-state index is 0.0551. The number of hydrogen-bond donors (Lipinski definition) is 5. The molecule has 3 heterocycles. The molecule has 3 amide bonds. The molecule has 0 aliphatic carbocycles. The highest BCUT2D eigenvalue weighted by Gasteiger charge is 2.28. The molecule has 7 rings (SSSR count). The number of rotatable bonds is 10. The van der Waals surface area contributed by atoms with Crippen molar-refractivity contribution in [1.29, 1.82) is 0 Å². The van der Waals surface area contributed by atoms with Crippen molar-refractivity contribution in [2.75, 3.05) is 18.8 Å². The molecule has 1 aliphatic rings. The zero-order valence-electron chi connectivity index (χ0n) is 30.7. The number of nitrogens with two attached hydrogens (primary N) is 1. The Morgan fingerprint density at radius 2 is 1.44 bits per heavy atom. The van der Waals surface area contributed by atoms with E-state index in [1.54, 1.807) is 35.2 Å². The number of amides is 3. The second-order valence-corrected chi connectivity index (χ2v) is 13.2. The van der Waals surface area contributed by atoms with Gasteiger partial charge in [0.2, 0.25) is 5.91 Å². The van der Waals surface area contributed by atoms with Crippen molar-refractivity contribution >= 4 is 47.2 Å². The SMILES string of the molecule is C=CC(=O)N1CCC[C@@H](n2nc(-c3ccc(CNC(=O)c4cccc(F)c4)cc3)c3c(N)ncnc32)C1.O=C(NCc1ccc(B(O)O)cc1)c1cccc(F)c1. The maximum Gasteiger partial charge on any atom is 0.488 e. The Kier molecular flexibility index (Phi) is 12.8. The molecule has 6 aromatic rings. The van der Waals surface area contributed by atoms with Gasteiger partial charge in [0.25, 0.3) is 11.8 Å². The van der Waals surface area contributed by atoms with Crippen molar-refractivity contribution in [2.24, 2.45) is 0 Å². The fourth-order valence-corrected chi connectivity index (χ4v) is 6.35. The number of halogens is 2. The van der Waals surface area contributed by atoms with E-state index >= 15 is 0 Å². The summed E-state index contributed by atoms with van der Waals surface area (Å²) >= 11 is 0. The van der Waals surface area contributed by atoms with E-state index in [0.717, 1.165) is 29.5 Å². The fourth-order valence-electron chi connectivity index (χ4n) is 6.35. The largest absolute Gasteiger partial charge is 0.488 e. The molecule has 0 spiro atoms. The quantitative estimate of drug-likeness (QED) is 0.102. The van der Waals surface area contributed by atoms with Gasteiger partial charge in [-0.3, -0.25) is 14.4 Å². The molecule has 1 atom stereocenters. The zero-order chi connectivity index (χ0) is 40.5. The van der Waals surface area contributed by atoms with Crippen LogP contribution in [0, 0.1) is 11.6 Å². The Hall–Kier alpha value is -6.78. The first-order valence-electron chi connectivity index (χ1n) is 18.0. The first-order chi connectivity index (χ1) is 27.5. The van der Waals surface area contributed by atoms with Gasteiger partial charge in [-0.25, -0.2) is 23.4 Å². The molecule has 13 nitrogen and oxygen atoms in total. The molecule has 0 unspecified atom stereocenters. The summed E-state index contributed by atoms with van der Waals surface area (Å²) in [5.41, 5.74) is 10.9. The third-order valence-electron chi connectivity index (χ3n) is 9.33. The minimum atomic E-state index is -1.51. The Morgan fingerprint density at radius 1 is 0.860 bits per heavy atom. The van der Waals surface area contributed by atoms with Gasteiger partial charge >= 0.3 is 7.12 Å². The van der Waals surface area contributed by atoms with Crippen LogP contribution in [-0.2, 0) is 17.9 Å². The maximum atomic E-state index is 13.4. The average molecular weight is 773 g/mol.